The fraction of sp³-hybridized carbons (Fsp3) is 0.143. The SMILES string of the molecule is NC1c2ccccc2N(c2cccc(Cl)c2)C(N)N1Cc1ccccc1F. The van der Waals surface area contributed by atoms with E-state index in [-0.39, 0.29) is 5.82 Å². The maximum absolute atomic E-state index is 14.2. The minimum Gasteiger partial charge on any atom is -0.312 e. The maximum atomic E-state index is 14.2. The molecule has 1 heterocycles. The van der Waals surface area contributed by atoms with Gasteiger partial charge in [-0.05, 0) is 30.3 Å². The van der Waals surface area contributed by atoms with Crippen molar-refractivity contribution in [3.8, 4) is 0 Å². The third kappa shape index (κ3) is 3.31. The lowest BCUT2D eigenvalue weighted by atomic mass is 10.0. The first-order chi connectivity index (χ1) is 13.1. The summed E-state index contributed by atoms with van der Waals surface area (Å²) in [4.78, 5) is 3.85. The van der Waals surface area contributed by atoms with Crippen LogP contribution in [0.5, 0.6) is 0 Å². The van der Waals surface area contributed by atoms with E-state index in [2.05, 4.69) is 0 Å². The summed E-state index contributed by atoms with van der Waals surface area (Å²) in [6.07, 6.45) is -1.03. The highest BCUT2D eigenvalue weighted by atomic mass is 35.5. The predicted molar refractivity (Wildman–Crippen MR) is 107 cm³/mol. The Kier molecular flexibility index (Phi) is 4.85. The molecule has 6 heteroatoms. The zero-order valence-corrected chi connectivity index (χ0v) is 15.4. The van der Waals surface area contributed by atoms with Gasteiger partial charge < -0.3 is 10.6 Å². The summed E-state index contributed by atoms with van der Waals surface area (Å²) in [5.74, 6) is -0.273. The number of halogens is 2. The summed E-state index contributed by atoms with van der Waals surface area (Å²) in [6.45, 7) is 0.292. The zero-order valence-electron chi connectivity index (χ0n) is 14.6. The summed E-state index contributed by atoms with van der Waals surface area (Å²) in [6, 6.07) is 22.0. The van der Waals surface area contributed by atoms with Gasteiger partial charge in [-0.2, -0.15) is 0 Å². The average molecular weight is 383 g/mol. The Balaban J connectivity index is 1.80. The molecule has 3 aromatic carbocycles. The average Bonchev–Trinajstić information content (AvgIpc) is 2.67. The number of nitrogens with zero attached hydrogens (tertiary/aromatic N) is 2. The van der Waals surface area contributed by atoms with Crippen molar-refractivity contribution in [3.63, 3.8) is 0 Å². The first kappa shape index (κ1) is 17.9. The highest BCUT2D eigenvalue weighted by Gasteiger charge is 2.36. The van der Waals surface area contributed by atoms with Gasteiger partial charge in [0.1, 0.15) is 12.1 Å². The molecule has 0 aliphatic carbocycles. The molecule has 27 heavy (non-hydrogen) atoms. The van der Waals surface area contributed by atoms with Gasteiger partial charge in [-0.3, -0.25) is 5.73 Å². The van der Waals surface area contributed by atoms with Crippen LogP contribution in [0.4, 0.5) is 15.8 Å². The predicted octanol–water partition coefficient (Wildman–Crippen LogP) is 4.33. The van der Waals surface area contributed by atoms with Crippen molar-refractivity contribution in [2.45, 2.75) is 19.0 Å². The van der Waals surface area contributed by atoms with E-state index in [9.17, 15) is 4.39 Å². The Morgan fingerprint density at radius 1 is 0.926 bits per heavy atom. The van der Waals surface area contributed by atoms with Crippen LogP contribution in [0, 0.1) is 5.82 Å². The zero-order chi connectivity index (χ0) is 19.0. The van der Waals surface area contributed by atoms with Gasteiger partial charge in [0, 0.05) is 34.1 Å². The van der Waals surface area contributed by atoms with Crippen molar-refractivity contribution in [3.05, 3.63) is 94.8 Å². The van der Waals surface area contributed by atoms with Crippen molar-refractivity contribution in [2.24, 2.45) is 11.5 Å². The van der Waals surface area contributed by atoms with Crippen molar-refractivity contribution < 1.29 is 4.39 Å². The Morgan fingerprint density at radius 3 is 2.44 bits per heavy atom. The lowest BCUT2D eigenvalue weighted by Gasteiger charge is -2.47. The molecule has 4 N–H and O–H groups in total. The number of anilines is 2. The van der Waals surface area contributed by atoms with Crippen LogP contribution in [-0.2, 0) is 6.54 Å². The fourth-order valence-electron chi connectivity index (χ4n) is 3.52. The van der Waals surface area contributed by atoms with E-state index < -0.39 is 12.5 Å². The molecule has 0 fully saturated rings. The number of fused-ring (bicyclic) bond motifs is 1. The van der Waals surface area contributed by atoms with Crippen LogP contribution in [0.2, 0.25) is 5.02 Å². The number of hydrogen-bond donors (Lipinski definition) is 2. The minimum atomic E-state index is -0.576. The van der Waals surface area contributed by atoms with Gasteiger partial charge in [-0.15, -0.1) is 0 Å². The summed E-state index contributed by atoms with van der Waals surface area (Å²) in [7, 11) is 0. The molecule has 0 saturated heterocycles. The third-order valence-corrected chi connectivity index (χ3v) is 5.11. The molecule has 138 valence electrons. The first-order valence-electron chi connectivity index (χ1n) is 8.70. The monoisotopic (exact) mass is 382 g/mol. The van der Waals surface area contributed by atoms with Crippen molar-refractivity contribution in [2.75, 3.05) is 4.90 Å². The largest absolute Gasteiger partial charge is 0.312 e. The Morgan fingerprint density at radius 2 is 1.67 bits per heavy atom. The van der Waals surface area contributed by atoms with E-state index >= 15 is 0 Å². The molecule has 3 aromatic rings. The Labute approximate surface area is 162 Å². The molecule has 0 saturated carbocycles. The molecule has 0 bridgehead atoms. The van der Waals surface area contributed by atoms with Crippen LogP contribution in [0.3, 0.4) is 0 Å². The topological polar surface area (TPSA) is 58.5 Å². The lowest BCUT2D eigenvalue weighted by molar-refractivity contribution is 0.120. The molecule has 0 aromatic heterocycles. The van der Waals surface area contributed by atoms with Gasteiger partial charge in [-0.1, -0.05) is 54.1 Å². The van der Waals surface area contributed by atoms with Gasteiger partial charge in [0.25, 0.3) is 0 Å². The molecule has 4 nitrogen and oxygen atoms in total. The maximum Gasteiger partial charge on any atom is 0.141 e. The molecule has 2 atom stereocenters. The van der Waals surface area contributed by atoms with Crippen LogP contribution < -0.4 is 16.4 Å². The molecule has 1 aliphatic heterocycles. The molecule has 1 aliphatic rings. The minimum absolute atomic E-state index is 0.273. The second-order valence-electron chi connectivity index (χ2n) is 6.53. The number of nitrogens with two attached hydrogens (primary N) is 2. The molecule has 4 rings (SSSR count). The van der Waals surface area contributed by atoms with Crippen molar-refractivity contribution in [1.82, 2.24) is 4.90 Å². The van der Waals surface area contributed by atoms with Crippen molar-refractivity contribution in [1.29, 1.82) is 0 Å². The van der Waals surface area contributed by atoms with Crippen molar-refractivity contribution >= 4 is 23.0 Å². The highest BCUT2D eigenvalue weighted by Crippen LogP contribution is 2.40. The molecule has 0 radical (unpaired) electrons. The number of rotatable bonds is 3. The van der Waals surface area contributed by atoms with Crippen LogP contribution in [0.15, 0.2) is 72.8 Å². The summed E-state index contributed by atoms with van der Waals surface area (Å²) in [5, 5.41) is 0.618. The lowest BCUT2D eigenvalue weighted by Crippen LogP contribution is -2.58. The number of hydrogen-bond acceptors (Lipinski definition) is 4. The van der Waals surface area contributed by atoms with Crippen LogP contribution in [0.1, 0.15) is 17.3 Å². The van der Waals surface area contributed by atoms with Gasteiger partial charge in [0.2, 0.25) is 0 Å². The second kappa shape index (κ2) is 7.29. The third-order valence-electron chi connectivity index (χ3n) is 4.87. The van der Waals surface area contributed by atoms with E-state index in [0.29, 0.717) is 17.1 Å². The molecule has 0 spiro atoms. The second-order valence-corrected chi connectivity index (χ2v) is 6.97. The molecule has 2 unspecified atom stereocenters. The molecule has 0 amide bonds. The van der Waals surface area contributed by atoms with Gasteiger partial charge in [0.15, 0.2) is 0 Å². The summed E-state index contributed by atoms with van der Waals surface area (Å²) < 4.78 is 14.2. The van der Waals surface area contributed by atoms with E-state index in [4.69, 9.17) is 23.1 Å². The highest BCUT2D eigenvalue weighted by molar-refractivity contribution is 6.30. The summed E-state index contributed by atoms with van der Waals surface area (Å²) in [5.41, 5.74) is 16.4. The Hall–Kier alpha value is -2.44. The van der Waals surface area contributed by atoms with E-state index in [1.54, 1.807) is 12.1 Å². The fourth-order valence-corrected chi connectivity index (χ4v) is 3.71. The standard InChI is InChI=1S/C21H20ClFN4/c22-15-7-5-8-16(12-15)27-19-11-4-2-9-17(19)20(24)26(21(27)25)13-14-6-1-3-10-18(14)23/h1-12,20-21H,13,24-25H2. The molecular weight excluding hydrogens is 363 g/mol. The molecular formula is C21H20ClFN4. The Bertz CT molecular complexity index is 964. The van der Waals surface area contributed by atoms with Gasteiger partial charge >= 0.3 is 0 Å². The van der Waals surface area contributed by atoms with E-state index in [0.717, 1.165) is 16.9 Å². The van der Waals surface area contributed by atoms with Gasteiger partial charge in [0.05, 0.1) is 6.17 Å². The number of benzene rings is 3. The van der Waals surface area contributed by atoms with E-state index in [1.807, 2.05) is 64.4 Å². The van der Waals surface area contributed by atoms with Crippen LogP contribution in [0.25, 0.3) is 0 Å². The smallest absolute Gasteiger partial charge is 0.141 e. The van der Waals surface area contributed by atoms with Crippen LogP contribution >= 0.6 is 11.6 Å². The van der Waals surface area contributed by atoms with E-state index in [1.165, 1.54) is 6.07 Å². The van der Waals surface area contributed by atoms with Crippen LogP contribution in [-0.4, -0.2) is 11.2 Å². The van der Waals surface area contributed by atoms with Gasteiger partial charge in [-0.25, -0.2) is 9.29 Å². The number of para-hydroxylation sites is 1. The quantitative estimate of drug-likeness (QED) is 0.707. The summed E-state index contributed by atoms with van der Waals surface area (Å²) >= 11 is 6.20. The normalized spacial score (nSPS) is 19.8. The first-order valence-corrected chi connectivity index (χ1v) is 9.08.